The summed E-state index contributed by atoms with van der Waals surface area (Å²) in [6.45, 7) is 7.39. The van der Waals surface area contributed by atoms with Crippen molar-refractivity contribution in [2.24, 2.45) is 0 Å². The summed E-state index contributed by atoms with van der Waals surface area (Å²) in [7, 11) is 1.50. The van der Waals surface area contributed by atoms with Gasteiger partial charge in [-0.15, -0.1) is 11.3 Å². The number of hydrogen-bond acceptors (Lipinski definition) is 8. The van der Waals surface area contributed by atoms with Crippen molar-refractivity contribution in [3.8, 4) is 0 Å². The highest BCUT2D eigenvalue weighted by Gasteiger charge is 2.28. The maximum absolute atomic E-state index is 12.7. The first-order valence-electron chi connectivity index (χ1n) is 10.7. The highest BCUT2D eigenvalue weighted by molar-refractivity contribution is 7.18. The molecule has 2 aromatic heterocycles. The Labute approximate surface area is 195 Å². The zero-order valence-electron chi connectivity index (χ0n) is 19.1. The molecular weight excluding hydrogens is 448 g/mol. The molecule has 0 aliphatic carbocycles. The van der Waals surface area contributed by atoms with Crippen molar-refractivity contribution in [2.45, 2.75) is 20.8 Å². The van der Waals surface area contributed by atoms with Gasteiger partial charge in [0.25, 0.3) is 11.8 Å². The summed E-state index contributed by atoms with van der Waals surface area (Å²) in [6.07, 6.45) is 0. The van der Waals surface area contributed by atoms with Gasteiger partial charge in [-0.25, -0.2) is 4.79 Å². The zero-order valence-corrected chi connectivity index (χ0v) is 20.0. The summed E-state index contributed by atoms with van der Waals surface area (Å²) >= 11 is 1.04. The van der Waals surface area contributed by atoms with Crippen LogP contribution in [0.15, 0.2) is 16.5 Å². The number of anilines is 1. The second kappa shape index (κ2) is 10.6. The van der Waals surface area contributed by atoms with E-state index in [0.29, 0.717) is 48.1 Å². The summed E-state index contributed by atoms with van der Waals surface area (Å²) < 4.78 is 10.5. The molecule has 11 heteroatoms. The molecule has 3 rings (SSSR count). The van der Waals surface area contributed by atoms with Gasteiger partial charge in [-0.2, -0.15) is 0 Å². The molecule has 2 aromatic rings. The second-order valence-electron chi connectivity index (χ2n) is 7.59. The number of carbonyl (C=O) groups is 4. The van der Waals surface area contributed by atoms with Crippen LogP contribution in [0.4, 0.5) is 5.00 Å². The molecular formula is C22H28N4O6S. The Morgan fingerprint density at radius 1 is 1.12 bits per heavy atom. The Kier molecular flexibility index (Phi) is 7.88. The van der Waals surface area contributed by atoms with Crippen LogP contribution < -0.4 is 10.6 Å². The lowest BCUT2D eigenvalue weighted by Crippen LogP contribution is -2.50. The highest BCUT2D eigenvalue weighted by atomic mass is 32.1. The molecule has 1 fully saturated rings. The molecule has 3 amide bonds. The fraction of sp³-hybridized carbons (Fsp3) is 0.455. The Bertz CT molecular complexity index is 1050. The summed E-state index contributed by atoms with van der Waals surface area (Å²) in [5.41, 5.74) is 0.659. The molecule has 1 aliphatic rings. The van der Waals surface area contributed by atoms with Crippen LogP contribution in [-0.2, 0) is 9.53 Å². The number of ether oxygens (including phenoxy) is 1. The molecule has 0 spiro atoms. The number of amides is 3. The number of rotatable bonds is 7. The lowest BCUT2D eigenvalue weighted by molar-refractivity contribution is -0.117. The van der Waals surface area contributed by atoms with Crippen LogP contribution in [0.1, 0.15) is 48.8 Å². The van der Waals surface area contributed by atoms with Crippen LogP contribution in [0.3, 0.4) is 0 Å². The smallest absolute Gasteiger partial charge is 0.341 e. The maximum Gasteiger partial charge on any atom is 0.341 e. The predicted molar refractivity (Wildman–Crippen MR) is 123 cm³/mol. The van der Waals surface area contributed by atoms with Gasteiger partial charge in [-0.1, -0.05) is 0 Å². The second-order valence-corrected chi connectivity index (χ2v) is 8.61. The van der Waals surface area contributed by atoms with E-state index in [2.05, 4.69) is 10.6 Å². The third-order valence-electron chi connectivity index (χ3n) is 5.29. The van der Waals surface area contributed by atoms with Gasteiger partial charge in [0, 0.05) is 33.2 Å². The number of carbonyl (C=O) groups excluding carboxylic acids is 4. The molecule has 10 nitrogen and oxygen atoms in total. The molecule has 0 unspecified atom stereocenters. The van der Waals surface area contributed by atoms with Crippen molar-refractivity contribution in [3.05, 3.63) is 39.7 Å². The average Bonchev–Trinajstić information content (AvgIpc) is 3.36. The fourth-order valence-corrected chi connectivity index (χ4v) is 4.72. The standard InChI is InChI=1S/C22H28N4O6S/c1-5-31-22(30)17-14(3)18(19(28)23-4)33-20(17)24-16(27)12-25-8-10-26(11-9-25)21(29)15-7-6-13(2)32-15/h6-7H,5,8-12H2,1-4H3,(H,23,28)(H,24,27). The van der Waals surface area contributed by atoms with E-state index in [1.54, 1.807) is 37.8 Å². The van der Waals surface area contributed by atoms with Gasteiger partial charge in [0.1, 0.15) is 10.8 Å². The molecule has 2 N–H and O–H groups in total. The topological polar surface area (TPSA) is 121 Å². The van der Waals surface area contributed by atoms with E-state index in [1.807, 2.05) is 4.90 Å². The van der Waals surface area contributed by atoms with Crippen molar-refractivity contribution in [1.82, 2.24) is 15.1 Å². The predicted octanol–water partition coefficient (Wildman–Crippen LogP) is 1.89. The normalized spacial score (nSPS) is 14.1. The molecule has 0 radical (unpaired) electrons. The molecule has 0 bridgehead atoms. The van der Waals surface area contributed by atoms with Gasteiger partial charge in [-0.05, 0) is 38.5 Å². The van der Waals surface area contributed by atoms with Crippen LogP contribution >= 0.6 is 11.3 Å². The zero-order chi connectivity index (χ0) is 24.1. The fourth-order valence-electron chi connectivity index (χ4n) is 3.56. The van der Waals surface area contributed by atoms with Crippen LogP contribution in [0, 0.1) is 13.8 Å². The number of esters is 1. The molecule has 0 atom stereocenters. The minimum absolute atomic E-state index is 0.0937. The number of furan rings is 1. The van der Waals surface area contributed by atoms with Crippen molar-refractivity contribution in [2.75, 3.05) is 51.7 Å². The molecule has 1 saturated heterocycles. The number of nitrogens with one attached hydrogen (secondary N) is 2. The average molecular weight is 477 g/mol. The van der Waals surface area contributed by atoms with E-state index in [0.717, 1.165) is 11.3 Å². The number of aryl methyl sites for hydroxylation is 1. The summed E-state index contributed by atoms with van der Waals surface area (Å²) in [5, 5.41) is 5.59. The van der Waals surface area contributed by atoms with Crippen molar-refractivity contribution >= 4 is 40.0 Å². The Hall–Kier alpha value is -3.18. The van der Waals surface area contributed by atoms with Gasteiger partial charge < -0.3 is 24.7 Å². The van der Waals surface area contributed by atoms with Crippen LogP contribution in [0.25, 0.3) is 0 Å². The quantitative estimate of drug-likeness (QED) is 0.586. The molecule has 1 aliphatic heterocycles. The summed E-state index contributed by atoms with van der Waals surface area (Å²) in [4.78, 5) is 53.8. The molecule has 0 saturated carbocycles. The van der Waals surface area contributed by atoms with Gasteiger partial charge in [0.2, 0.25) is 5.91 Å². The van der Waals surface area contributed by atoms with E-state index >= 15 is 0 Å². The van der Waals surface area contributed by atoms with Crippen LogP contribution in [-0.4, -0.2) is 79.9 Å². The SMILES string of the molecule is CCOC(=O)c1c(NC(=O)CN2CCN(C(=O)c3ccc(C)o3)CC2)sc(C(=O)NC)c1C. The lowest BCUT2D eigenvalue weighted by Gasteiger charge is -2.33. The van der Waals surface area contributed by atoms with E-state index in [4.69, 9.17) is 9.15 Å². The Morgan fingerprint density at radius 3 is 2.39 bits per heavy atom. The molecule has 33 heavy (non-hydrogen) atoms. The van der Waals surface area contributed by atoms with Crippen molar-refractivity contribution < 1.29 is 28.3 Å². The van der Waals surface area contributed by atoms with E-state index in [1.165, 1.54) is 7.05 Å². The van der Waals surface area contributed by atoms with Gasteiger partial charge in [0.05, 0.1) is 23.6 Å². The lowest BCUT2D eigenvalue weighted by atomic mass is 10.1. The van der Waals surface area contributed by atoms with Crippen molar-refractivity contribution in [3.63, 3.8) is 0 Å². The number of piperazine rings is 1. The monoisotopic (exact) mass is 476 g/mol. The van der Waals surface area contributed by atoms with E-state index in [9.17, 15) is 19.2 Å². The first kappa shape index (κ1) is 24.5. The minimum atomic E-state index is -0.586. The van der Waals surface area contributed by atoms with Crippen LogP contribution in [0.5, 0.6) is 0 Å². The maximum atomic E-state index is 12.7. The molecule has 3 heterocycles. The third kappa shape index (κ3) is 5.60. The van der Waals surface area contributed by atoms with Gasteiger partial charge in [0.15, 0.2) is 5.76 Å². The first-order chi connectivity index (χ1) is 15.7. The minimum Gasteiger partial charge on any atom is -0.462 e. The summed E-state index contributed by atoms with van der Waals surface area (Å²) in [6, 6.07) is 3.41. The summed E-state index contributed by atoms with van der Waals surface area (Å²) in [5.74, 6) is -0.411. The van der Waals surface area contributed by atoms with E-state index < -0.39 is 5.97 Å². The number of hydrogen-bond donors (Lipinski definition) is 2. The van der Waals surface area contributed by atoms with Crippen LogP contribution in [0.2, 0.25) is 0 Å². The molecule has 0 aromatic carbocycles. The Balaban J connectivity index is 1.62. The Morgan fingerprint density at radius 2 is 1.82 bits per heavy atom. The van der Waals surface area contributed by atoms with Gasteiger partial charge >= 0.3 is 5.97 Å². The third-order valence-corrected chi connectivity index (χ3v) is 6.50. The number of nitrogens with zero attached hydrogens (tertiary/aromatic N) is 2. The first-order valence-corrected chi connectivity index (χ1v) is 11.5. The van der Waals surface area contributed by atoms with Gasteiger partial charge in [-0.3, -0.25) is 19.3 Å². The van der Waals surface area contributed by atoms with Crippen molar-refractivity contribution in [1.29, 1.82) is 0 Å². The highest BCUT2D eigenvalue weighted by Crippen LogP contribution is 2.33. The molecule has 178 valence electrons. The largest absolute Gasteiger partial charge is 0.462 e. The van der Waals surface area contributed by atoms with E-state index in [-0.39, 0.29) is 41.4 Å². The number of thiophene rings is 1.